The largest absolute Gasteiger partial charge is 0.381 e. The lowest BCUT2D eigenvalue weighted by molar-refractivity contribution is 0.275. The summed E-state index contributed by atoms with van der Waals surface area (Å²) in [6.07, 6.45) is 5.70. The molecule has 18 heavy (non-hydrogen) atoms. The van der Waals surface area contributed by atoms with Crippen LogP contribution < -0.4 is 5.73 Å². The number of nitrogen functional groups attached to an aromatic ring is 1. The molecule has 1 heterocycles. The molecular formula is C14H24N4. The highest BCUT2D eigenvalue weighted by Crippen LogP contribution is 2.49. The number of hydrogen-bond acceptors (Lipinski definition) is 3. The van der Waals surface area contributed by atoms with Gasteiger partial charge in [0.2, 0.25) is 0 Å². The van der Waals surface area contributed by atoms with E-state index in [0.717, 1.165) is 30.0 Å². The summed E-state index contributed by atoms with van der Waals surface area (Å²) >= 11 is 0. The Morgan fingerprint density at radius 3 is 2.61 bits per heavy atom. The van der Waals surface area contributed by atoms with E-state index in [0.29, 0.717) is 5.82 Å². The van der Waals surface area contributed by atoms with Crippen LogP contribution in [0.4, 0.5) is 5.82 Å². The zero-order chi connectivity index (χ0) is 12.9. The van der Waals surface area contributed by atoms with Crippen molar-refractivity contribution < 1.29 is 0 Å². The highest BCUT2D eigenvalue weighted by Gasteiger charge is 2.40. The predicted molar refractivity (Wildman–Crippen MR) is 72.1 cm³/mol. The molecule has 2 fully saturated rings. The van der Waals surface area contributed by atoms with Crippen molar-refractivity contribution in [2.45, 2.75) is 58.4 Å². The van der Waals surface area contributed by atoms with Crippen molar-refractivity contribution in [3.63, 3.8) is 0 Å². The first-order chi connectivity index (χ1) is 8.45. The van der Waals surface area contributed by atoms with Gasteiger partial charge in [-0.3, -0.25) is 0 Å². The normalized spacial score (nSPS) is 31.2. The van der Waals surface area contributed by atoms with Gasteiger partial charge in [0, 0.05) is 12.0 Å². The van der Waals surface area contributed by atoms with Gasteiger partial charge in [-0.1, -0.05) is 32.4 Å². The third-order valence-electron chi connectivity index (χ3n) is 4.76. The van der Waals surface area contributed by atoms with Crippen molar-refractivity contribution in [3.05, 3.63) is 5.69 Å². The number of rotatable bonds is 2. The monoisotopic (exact) mass is 248 g/mol. The molecule has 0 radical (unpaired) electrons. The Labute approximate surface area is 109 Å². The van der Waals surface area contributed by atoms with Crippen LogP contribution in [-0.2, 0) is 12.0 Å². The summed E-state index contributed by atoms with van der Waals surface area (Å²) in [6.45, 7) is 7.55. The molecule has 0 aromatic carbocycles. The molecule has 2 bridgehead atoms. The van der Waals surface area contributed by atoms with Gasteiger partial charge in [-0.25, -0.2) is 4.68 Å². The van der Waals surface area contributed by atoms with Crippen molar-refractivity contribution in [2.75, 3.05) is 5.73 Å². The molecule has 2 N–H and O–H groups in total. The van der Waals surface area contributed by atoms with Crippen LogP contribution >= 0.6 is 0 Å². The van der Waals surface area contributed by atoms with Crippen LogP contribution in [0.15, 0.2) is 0 Å². The molecule has 3 atom stereocenters. The summed E-state index contributed by atoms with van der Waals surface area (Å²) in [6, 6.07) is 0. The molecule has 0 amide bonds. The van der Waals surface area contributed by atoms with Crippen molar-refractivity contribution in [1.82, 2.24) is 15.0 Å². The van der Waals surface area contributed by atoms with Crippen LogP contribution in [0.3, 0.4) is 0 Å². The number of hydrogen-bond donors (Lipinski definition) is 1. The zero-order valence-electron chi connectivity index (χ0n) is 11.7. The molecule has 4 heteroatoms. The van der Waals surface area contributed by atoms with E-state index in [2.05, 4.69) is 35.8 Å². The second kappa shape index (κ2) is 3.97. The highest BCUT2D eigenvalue weighted by molar-refractivity contribution is 5.37. The van der Waals surface area contributed by atoms with Gasteiger partial charge >= 0.3 is 0 Å². The van der Waals surface area contributed by atoms with Crippen molar-refractivity contribution in [3.8, 4) is 0 Å². The molecule has 2 aliphatic carbocycles. The first kappa shape index (κ1) is 12.0. The maximum absolute atomic E-state index is 5.98. The number of fused-ring (bicyclic) bond motifs is 2. The topological polar surface area (TPSA) is 56.7 Å². The van der Waals surface area contributed by atoms with Crippen LogP contribution in [0, 0.1) is 17.8 Å². The van der Waals surface area contributed by atoms with E-state index in [4.69, 9.17) is 5.73 Å². The van der Waals surface area contributed by atoms with Gasteiger partial charge < -0.3 is 5.73 Å². The van der Waals surface area contributed by atoms with Gasteiger partial charge in [-0.15, -0.1) is 5.10 Å². The second-order valence-electron chi connectivity index (χ2n) is 7.19. The number of nitrogens with two attached hydrogens (primary N) is 1. The molecule has 1 aromatic heterocycles. The Kier molecular flexibility index (Phi) is 2.65. The summed E-state index contributed by atoms with van der Waals surface area (Å²) in [4.78, 5) is 0. The summed E-state index contributed by atoms with van der Waals surface area (Å²) < 4.78 is 2.07. The fraction of sp³-hybridized carbons (Fsp3) is 0.857. The van der Waals surface area contributed by atoms with E-state index in [1.807, 2.05) is 0 Å². The summed E-state index contributed by atoms with van der Waals surface area (Å²) in [5.41, 5.74) is 7.10. The predicted octanol–water partition coefficient (Wildman–Crippen LogP) is 2.59. The first-order valence-electron chi connectivity index (χ1n) is 7.14. The molecule has 0 aliphatic heterocycles. The minimum atomic E-state index is 0.0191. The summed E-state index contributed by atoms with van der Waals surface area (Å²) in [7, 11) is 0. The Morgan fingerprint density at radius 2 is 2.06 bits per heavy atom. The van der Waals surface area contributed by atoms with Crippen LogP contribution in [0.25, 0.3) is 0 Å². The zero-order valence-corrected chi connectivity index (χ0v) is 11.7. The summed E-state index contributed by atoms with van der Waals surface area (Å²) in [5, 5.41) is 8.35. The van der Waals surface area contributed by atoms with Crippen LogP contribution in [0.5, 0.6) is 0 Å². The lowest BCUT2D eigenvalue weighted by Gasteiger charge is -2.25. The molecule has 3 unspecified atom stereocenters. The Morgan fingerprint density at radius 1 is 1.28 bits per heavy atom. The molecule has 4 nitrogen and oxygen atoms in total. The molecule has 2 aliphatic rings. The molecule has 3 rings (SSSR count). The third-order valence-corrected chi connectivity index (χ3v) is 4.76. The van der Waals surface area contributed by atoms with Gasteiger partial charge in [0.05, 0.1) is 5.69 Å². The van der Waals surface area contributed by atoms with E-state index in [1.54, 1.807) is 0 Å². The molecule has 2 saturated carbocycles. The SMILES string of the molecule is CC(C)(C)c1c(N)nnn1CC1CC2CCC1C2. The quantitative estimate of drug-likeness (QED) is 0.875. The fourth-order valence-electron chi connectivity index (χ4n) is 4.05. The molecule has 100 valence electrons. The summed E-state index contributed by atoms with van der Waals surface area (Å²) in [5.74, 6) is 3.31. The van der Waals surface area contributed by atoms with Crippen molar-refractivity contribution in [2.24, 2.45) is 17.8 Å². The minimum absolute atomic E-state index is 0.0191. The van der Waals surface area contributed by atoms with Crippen molar-refractivity contribution >= 4 is 5.82 Å². The van der Waals surface area contributed by atoms with Crippen LogP contribution in [0.2, 0.25) is 0 Å². The molecule has 0 saturated heterocycles. The Hall–Kier alpha value is -1.06. The minimum Gasteiger partial charge on any atom is -0.381 e. The standard InChI is InChI=1S/C14H24N4/c1-14(2,3)12-13(15)16-17-18(12)8-11-7-9-4-5-10(11)6-9/h9-11H,4-8,15H2,1-3H3. The van der Waals surface area contributed by atoms with Crippen molar-refractivity contribution in [1.29, 1.82) is 0 Å². The number of anilines is 1. The maximum atomic E-state index is 5.98. The number of aromatic nitrogens is 3. The first-order valence-corrected chi connectivity index (χ1v) is 7.14. The smallest absolute Gasteiger partial charge is 0.169 e. The number of nitrogens with zero attached hydrogens (tertiary/aromatic N) is 3. The lowest BCUT2D eigenvalue weighted by Crippen LogP contribution is -2.24. The average Bonchev–Trinajstić information content (AvgIpc) is 2.92. The van der Waals surface area contributed by atoms with Gasteiger partial charge in [0.1, 0.15) is 0 Å². The van der Waals surface area contributed by atoms with Gasteiger partial charge in [0.15, 0.2) is 5.82 Å². The molecule has 0 spiro atoms. The third kappa shape index (κ3) is 1.91. The maximum Gasteiger partial charge on any atom is 0.169 e. The average molecular weight is 248 g/mol. The fourth-order valence-corrected chi connectivity index (χ4v) is 4.05. The van der Waals surface area contributed by atoms with Crippen LogP contribution in [-0.4, -0.2) is 15.0 Å². The molecular weight excluding hydrogens is 224 g/mol. The van der Waals surface area contributed by atoms with E-state index >= 15 is 0 Å². The van der Waals surface area contributed by atoms with Gasteiger partial charge in [0.25, 0.3) is 0 Å². The van der Waals surface area contributed by atoms with E-state index in [-0.39, 0.29) is 5.41 Å². The van der Waals surface area contributed by atoms with Gasteiger partial charge in [-0.05, 0) is 37.0 Å². The van der Waals surface area contributed by atoms with E-state index in [1.165, 1.54) is 25.7 Å². The Balaban J connectivity index is 1.81. The second-order valence-corrected chi connectivity index (χ2v) is 7.19. The molecule has 1 aromatic rings. The lowest BCUT2D eigenvalue weighted by atomic mass is 9.87. The van der Waals surface area contributed by atoms with E-state index in [9.17, 15) is 0 Å². The highest BCUT2D eigenvalue weighted by atomic mass is 15.4. The van der Waals surface area contributed by atoms with E-state index < -0.39 is 0 Å². The van der Waals surface area contributed by atoms with Gasteiger partial charge in [-0.2, -0.15) is 0 Å². The Bertz CT molecular complexity index is 443. The van der Waals surface area contributed by atoms with Crippen LogP contribution in [0.1, 0.15) is 52.1 Å².